The molecule has 0 bridgehead atoms. The molecule has 0 spiro atoms. The van der Waals surface area contributed by atoms with Crippen molar-refractivity contribution in [3.8, 4) is 11.1 Å². The van der Waals surface area contributed by atoms with Gasteiger partial charge in [-0.25, -0.2) is 0 Å². The SMILES string of the molecule is CC(C)(CCOC(C)(C)C)NC(=O)CCN(CCNC(=O)CCC1(CCC(=O)NCCN(CCC(=O)NC(C)(C)CCOC(C)(C)C)CCC(=O)NC(C)(C)CCOC(C)(C)C)c2cc(Br)ccc2-c2ccc(Br)cc21)CCC(=O)NC(C)(C)CCOC(C)(C)C. The molecule has 3 rings (SSSR count). The number of carbonyl (C=O) groups is 6. The van der Waals surface area contributed by atoms with Crippen LogP contribution in [0.2, 0.25) is 0 Å². The average Bonchev–Trinajstić information content (AvgIpc) is 1.57. The van der Waals surface area contributed by atoms with Crippen LogP contribution in [-0.2, 0) is 53.1 Å². The summed E-state index contributed by atoms with van der Waals surface area (Å²) in [6.45, 7) is 44.8. The first-order valence-electron chi connectivity index (χ1n) is 33.1. The normalized spacial score (nSPS) is 13.8. The van der Waals surface area contributed by atoms with Crippen LogP contribution in [0, 0.1) is 0 Å². The van der Waals surface area contributed by atoms with E-state index in [2.05, 4.69) is 97.8 Å². The molecule has 0 saturated carbocycles. The molecule has 0 aliphatic heterocycles. The second-order valence-electron chi connectivity index (χ2n) is 31.4. The Hall–Kier alpha value is -4.02. The number of nitrogens with one attached hydrogen (secondary N) is 6. The zero-order valence-electron chi connectivity index (χ0n) is 59.7. The largest absolute Gasteiger partial charge is 0.376 e. The first-order valence-corrected chi connectivity index (χ1v) is 34.7. The molecule has 0 unspecified atom stereocenters. The monoisotopic (exact) mass is 1400 g/mol. The summed E-state index contributed by atoms with van der Waals surface area (Å²) in [4.78, 5) is 86.4. The summed E-state index contributed by atoms with van der Waals surface area (Å²) in [5, 5.41) is 19.0. The highest BCUT2D eigenvalue weighted by atomic mass is 79.9. The van der Waals surface area contributed by atoms with Crippen molar-refractivity contribution < 1.29 is 47.7 Å². The molecule has 91 heavy (non-hydrogen) atoms. The standard InChI is InChI=1S/C71H120Br2N8O10/c1-63(2,3)88-45-33-67(13,14)76-59(84)27-39-80(40-28-60(85)77-68(15,16)34-46-89-64(4,5)6)43-37-74-57(82)25-31-71(55-49-51(72)21-23-53(55)54-24-22-52(73)50-56(54)71)32-26-58(83)75-38-44-81(41-29-61(86)78-69(17,18)35-47-90-65(7,8)9)42-30-62(87)79-70(19,20)36-48-91-66(10,11)12/h21-24,49-50H,25-48H2,1-20H3,(H,74,82)(H,75,83)(H,76,84)(H,77,85)(H,78,86)(H,79,87). The predicted molar refractivity (Wildman–Crippen MR) is 374 cm³/mol. The molecule has 18 nitrogen and oxygen atoms in total. The maximum absolute atomic E-state index is 14.2. The van der Waals surface area contributed by atoms with Crippen molar-refractivity contribution in [1.82, 2.24) is 41.7 Å². The molecular formula is C71H120Br2N8O10. The van der Waals surface area contributed by atoms with Gasteiger partial charge in [-0.3, -0.25) is 28.8 Å². The molecule has 6 amide bonds. The zero-order valence-corrected chi connectivity index (χ0v) is 62.8. The van der Waals surface area contributed by atoms with Gasteiger partial charge in [-0.05, 0) is 224 Å². The van der Waals surface area contributed by atoms with Crippen LogP contribution in [0.15, 0.2) is 45.3 Å². The number of ether oxygens (including phenoxy) is 4. The van der Waals surface area contributed by atoms with E-state index in [0.717, 1.165) is 31.2 Å². The summed E-state index contributed by atoms with van der Waals surface area (Å²) >= 11 is 7.48. The van der Waals surface area contributed by atoms with Crippen LogP contribution in [0.1, 0.15) is 227 Å². The van der Waals surface area contributed by atoms with Gasteiger partial charge in [0.1, 0.15) is 0 Å². The highest BCUT2D eigenvalue weighted by Gasteiger charge is 2.44. The van der Waals surface area contributed by atoms with Gasteiger partial charge in [0, 0.05) is 154 Å². The number of fused-ring (bicyclic) bond motifs is 3. The lowest BCUT2D eigenvalue weighted by atomic mass is 9.71. The summed E-state index contributed by atoms with van der Waals surface area (Å²) in [7, 11) is 0. The van der Waals surface area contributed by atoms with E-state index in [0.29, 0.717) is 104 Å². The Labute approximate surface area is 565 Å². The maximum atomic E-state index is 14.2. The molecule has 1 aliphatic rings. The minimum atomic E-state index is -0.717. The van der Waals surface area contributed by atoms with E-state index in [1.54, 1.807) is 0 Å². The molecule has 518 valence electrons. The van der Waals surface area contributed by atoms with Gasteiger partial charge >= 0.3 is 0 Å². The number of rotatable bonds is 40. The predicted octanol–water partition coefficient (Wildman–Crippen LogP) is 11.8. The number of nitrogens with zero attached hydrogens (tertiary/aromatic N) is 2. The molecule has 1 aliphatic carbocycles. The summed E-state index contributed by atoms with van der Waals surface area (Å²) < 4.78 is 25.6. The van der Waals surface area contributed by atoms with Crippen molar-refractivity contribution in [2.75, 3.05) is 78.8 Å². The quantitative estimate of drug-likeness (QED) is 0.0367. The Bertz CT molecular complexity index is 2390. The van der Waals surface area contributed by atoms with E-state index in [9.17, 15) is 28.8 Å². The smallest absolute Gasteiger partial charge is 0.221 e. The van der Waals surface area contributed by atoms with Crippen molar-refractivity contribution in [2.24, 2.45) is 0 Å². The van der Waals surface area contributed by atoms with Crippen LogP contribution in [0.5, 0.6) is 0 Å². The summed E-state index contributed by atoms with van der Waals surface area (Å²) in [6, 6.07) is 12.4. The molecule has 0 radical (unpaired) electrons. The zero-order chi connectivity index (χ0) is 68.9. The number of hydrogen-bond acceptors (Lipinski definition) is 12. The average molecular weight is 1410 g/mol. The fourth-order valence-electron chi connectivity index (χ4n) is 10.8. The molecule has 20 heteroatoms. The van der Waals surface area contributed by atoms with Gasteiger partial charge in [0.15, 0.2) is 0 Å². The Morgan fingerprint density at radius 1 is 0.374 bits per heavy atom. The van der Waals surface area contributed by atoms with Crippen molar-refractivity contribution in [2.45, 2.75) is 265 Å². The van der Waals surface area contributed by atoms with Crippen molar-refractivity contribution >= 4 is 67.3 Å². The van der Waals surface area contributed by atoms with Gasteiger partial charge in [0.25, 0.3) is 0 Å². The first kappa shape index (κ1) is 81.2. The summed E-state index contributed by atoms with van der Waals surface area (Å²) in [5.74, 6) is -0.754. The van der Waals surface area contributed by atoms with Crippen LogP contribution >= 0.6 is 31.9 Å². The maximum Gasteiger partial charge on any atom is 0.221 e. The van der Waals surface area contributed by atoms with E-state index in [4.69, 9.17) is 18.9 Å². The van der Waals surface area contributed by atoms with E-state index < -0.39 is 27.6 Å². The minimum Gasteiger partial charge on any atom is -0.376 e. The third-order valence-electron chi connectivity index (χ3n) is 15.9. The van der Waals surface area contributed by atoms with Crippen molar-refractivity contribution in [3.05, 3.63) is 56.5 Å². The summed E-state index contributed by atoms with van der Waals surface area (Å²) in [6.07, 6.45) is 4.49. The van der Waals surface area contributed by atoms with Crippen LogP contribution < -0.4 is 31.9 Å². The lowest BCUT2D eigenvalue weighted by molar-refractivity contribution is -0.125. The third-order valence-corrected chi connectivity index (χ3v) is 16.9. The van der Waals surface area contributed by atoms with Crippen LogP contribution in [0.25, 0.3) is 11.1 Å². The third kappa shape index (κ3) is 33.8. The van der Waals surface area contributed by atoms with Crippen LogP contribution in [0.3, 0.4) is 0 Å². The number of halogens is 2. The number of hydrogen-bond donors (Lipinski definition) is 6. The molecule has 2 aromatic rings. The second-order valence-corrected chi connectivity index (χ2v) is 33.2. The fourth-order valence-corrected chi connectivity index (χ4v) is 11.5. The highest BCUT2D eigenvalue weighted by Crippen LogP contribution is 2.55. The molecule has 2 aromatic carbocycles. The second kappa shape index (κ2) is 35.6. The number of benzene rings is 2. The fraction of sp³-hybridized carbons (Fsp3) is 0.746. The molecular weight excluding hydrogens is 1280 g/mol. The highest BCUT2D eigenvalue weighted by molar-refractivity contribution is 9.10. The molecule has 0 aromatic heterocycles. The van der Waals surface area contributed by atoms with Gasteiger partial charge in [0.05, 0.1) is 22.4 Å². The first-order chi connectivity index (χ1) is 41.8. The number of carbonyl (C=O) groups excluding carboxylic acids is 6. The Morgan fingerprint density at radius 2 is 0.626 bits per heavy atom. The molecule has 0 heterocycles. The van der Waals surface area contributed by atoms with E-state index in [-0.39, 0.29) is 109 Å². The van der Waals surface area contributed by atoms with Crippen molar-refractivity contribution in [3.63, 3.8) is 0 Å². The lowest BCUT2D eigenvalue weighted by Crippen LogP contribution is -2.47. The lowest BCUT2D eigenvalue weighted by Gasteiger charge is -2.33. The van der Waals surface area contributed by atoms with E-state index in [1.807, 2.05) is 151 Å². The van der Waals surface area contributed by atoms with Crippen LogP contribution in [0.4, 0.5) is 0 Å². The molecule has 6 N–H and O–H groups in total. The molecule has 0 atom stereocenters. The van der Waals surface area contributed by atoms with Gasteiger partial charge in [0.2, 0.25) is 35.4 Å². The molecule has 0 fully saturated rings. The van der Waals surface area contributed by atoms with E-state index in [1.165, 1.54) is 0 Å². The molecule has 0 saturated heterocycles. The van der Waals surface area contributed by atoms with E-state index >= 15 is 0 Å². The summed E-state index contributed by atoms with van der Waals surface area (Å²) in [5.41, 5.74) is 0.297. The Balaban J connectivity index is 1.79. The van der Waals surface area contributed by atoms with Gasteiger partial charge in [-0.15, -0.1) is 0 Å². The van der Waals surface area contributed by atoms with Crippen LogP contribution in [-0.4, -0.2) is 169 Å². The van der Waals surface area contributed by atoms with Gasteiger partial charge in [-0.2, -0.15) is 0 Å². The van der Waals surface area contributed by atoms with Gasteiger partial charge in [-0.1, -0.05) is 44.0 Å². The minimum absolute atomic E-state index is 0.110. The Morgan fingerprint density at radius 3 is 0.868 bits per heavy atom. The van der Waals surface area contributed by atoms with Gasteiger partial charge < -0.3 is 60.6 Å². The number of amides is 6. The topological polar surface area (TPSA) is 218 Å². The van der Waals surface area contributed by atoms with Crippen molar-refractivity contribution in [1.29, 1.82) is 0 Å². The Kier molecular flexibility index (Phi) is 31.8.